The van der Waals surface area contributed by atoms with Crippen LogP contribution in [0, 0.1) is 0 Å². The minimum absolute atomic E-state index is 0. The van der Waals surface area contributed by atoms with Crippen molar-refractivity contribution in [2.75, 3.05) is 26.3 Å². The normalized spacial score (nSPS) is 17.6. The molecule has 0 aromatic heterocycles. The van der Waals surface area contributed by atoms with Crippen LogP contribution in [0.5, 0.6) is 0 Å². The third kappa shape index (κ3) is 5.38. The fourth-order valence-electron chi connectivity index (χ4n) is 2.65. The number of nitrogens with two attached hydrogens (primary N) is 1. The number of ether oxygens (including phenoxy) is 1. The third-order valence-electron chi connectivity index (χ3n) is 4.01. The van der Waals surface area contributed by atoms with Crippen LogP contribution in [0.25, 0.3) is 0 Å². The van der Waals surface area contributed by atoms with Gasteiger partial charge >= 0.3 is 0 Å². The molecule has 3 N–H and O–H groups in total. The van der Waals surface area contributed by atoms with Crippen LogP contribution in [-0.2, 0) is 10.2 Å². The number of nitrogens with one attached hydrogen (secondary N) is 1. The fraction of sp³-hybridized carbons (Fsp3) is 0.562. The minimum atomic E-state index is 0. The zero-order chi connectivity index (χ0) is 15.1. The molecule has 1 saturated heterocycles. The highest BCUT2D eigenvalue weighted by Gasteiger charge is 2.34. The van der Waals surface area contributed by atoms with Gasteiger partial charge in [-0.25, -0.2) is 0 Å². The van der Waals surface area contributed by atoms with Crippen LogP contribution < -0.4 is 11.1 Å². The Labute approximate surface area is 158 Å². The SMILES string of the molecule is CCCNC(N)=NCC1(c2ccc(Br)cc2)CCOCC1.I. The molecule has 0 radical (unpaired) electrons. The minimum Gasteiger partial charge on any atom is -0.381 e. The maximum Gasteiger partial charge on any atom is 0.188 e. The van der Waals surface area contributed by atoms with E-state index in [4.69, 9.17) is 10.5 Å². The molecule has 4 nitrogen and oxygen atoms in total. The first-order valence-corrected chi connectivity index (χ1v) is 8.33. The molecule has 0 saturated carbocycles. The summed E-state index contributed by atoms with van der Waals surface area (Å²) in [5, 5.41) is 3.14. The third-order valence-corrected chi connectivity index (χ3v) is 4.54. The molecule has 0 atom stereocenters. The van der Waals surface area contributed by atoms with Crippen molar-refractivity contribution in [3.05, 3.63) is 34.3 Å². The van der Waals surface area contributed by atoms with Crippen LogP contribution in [-0.4, -0.2) is 32.3 Å². The van der Waals surface area contributed by atoms with E-state index in [1.54, 1.807) is 0 Å². The second kappa shape index (κ2) is 9.72. The van der Waals surface area contributed by atoms with Crippen molar-refractivity contribution in [1.29, 1.82) is 0 Å². The molecular formula is C16H25BrIN3O. The fourth-order valence-corrected chi connectivity index (χ4v) is 2.91. The Balaban J connectivity index is 0.00000242. The zero-order valence-electron chi connectivity index (χ0n) is 13.0. The summed E-state index contributed by atoms with van der Waals surface area (Å²) in [6.45, 7) is 5.26. The van der Waals surface area contributed by atoms with E-state index < -0.39 is 0 Å². The van der Waals surface area contributed by atoms with Crippen molar-refractivity contribution < 1.29 is 4.74 Å². The lowest BCUT2D eigenvalue weighted by molar-refractivity contribution is 0.0531. The largest absolute Gasteiger partial charge is 0.381 e. The summed E-state index contributed by atoms with van der Waals surface area (Å²) >= 11 is 3.50. The number of hydrogen-bond donors (Lipinski definition) is 2. The number of guanidine groups is 1. The van der Waals surface area contributed by atoms with Crippen LogP contribution in [0.15, 0.2) is 33.7 Å². The number of rotatable bonds is 5. The first-order valence-electron chi connectivity index (χ1n) is 7.54. The molecule has 22 heavy (non-hydrogen) atoms. The topological polar surface area (TPSA) is 59.6 Å². The van der Waals surface area contributed by atoms with E-state index in [0.717, 1.165) is 43.5 Å². The molecule has 1 fully saturated rings. The molecule has 1 aromatic rings. The Bertz CT molecular complexity index is 473. The molecule has 1 heterocycles. The summed E-state index contributed by atoms with van der Waals surface area (Å²) in [5.74, 6) is 0.542. The van der Waals surface area contributed by atoms with E-state index >= 15 is 0 Å². The molecule has 0 bridgehead atoms. The standard InChI is InChI=1S/C16H24BrN3O.HI/c1-2-9-19-15(18)20-12-16(7-10-21-11-8-16)13-3-5-14(17)6-4-13;/h3-6H,2,7-12H2,1H3,(H3,18,19,20);1H. The first kappa shape index (κ1) is 19.7. The lowest BCUT2D eigenvalue weighted by atomic mass is 9.74. The Hall–Kier alpha value is -0.340. The quantitative estimate of drug-likeness (QED) is 0.384. The highest BCUT2D eigenvalue weighted by atomic mass is 127. The summed E-state index contributed by atoms with van der Waals surface area (Å²) in [5.41, 5.74) is 7.30. The molecule has 0 aliphatic carbocycles. The second-order valence-corrected chi connectivity index (χ2v) is 6.44. The van der Waals surface area contributed by atoms with Gasteiger partial charge in [0.15, 0.2) is 5.96 Å². The van der Waals surface area contributed by atoms with Crippen molar-refractivity contribution in [2.45, 2.75) is 31.6 Å². The van der Waals surface area contributed by atoms with Crippen molar-refractivity contribution in [1.82, 2.24) is 5.32 Å². The Morgan fingerprint density at radius 2 is 1.95 bits per heavy atom. The molecule has 6 heteroatoms. The van der Waals surface area contributed by atoms with E-state index in [1.807, 2.05) is 0 Å². The maximum atomic E-state index is 5.94. The monoisotopic (exact) mass is 481 g/mol. The van der Waals surface area contributed by atoms with Gasteiger partial charge in [0.05, 0.1) is 6.54 Å². The van der Waals surface area contributed by atoms with Gasteiger partial charge in [-0.1, -0.05) is 35.0 Å². The number of nitrogens with zero attached hydrogens (tertiary/aromatic N) is 1. The molecule has 1 aromatic carbocycles. The predicted octanol–water partition coefficient (Wildman–Crippen LogP) is 3.43. The number of halogens is 2. The van der Waals surface area contributed by atoms with Gasteiger partial charge < -0.3 is 15.8 Å². The van der Waals surface area contributed by atoms with Gasteiger partial charge in [-0.05, 0) is 37.0 Å². The summed E-state index contributed by atoms with van der Waals surface area (Å²) < 4.78 is 6.64. The van der Waals surface area contributed by atoms with Crippen LogP contribution in [0.4, 0.5) is 0 Å². The predicted molar refractivity (Wildman–Crippen MR) is 106 cm³/mol. The average Bonchev–Trinajstić information content (AvgIpc) is 2.52. The molecule has 0 amide bonds. The van der Waals surface area contributed by atoms with E-state index in [0.29, 0.717) is 12.5 Å². The summed E-state index contributed by atoms with van der Waals surface area (Å²) in [4.78, 5) is 4.57. The first-order chi connectivity index (χ1) is 10.2. The average molecular weight is 482 g/mol. The van der Waals surface area contributed by atoms with E-state index in [9.17, 15) is 0 Å². The van der Waals surface area contributed by atoms with Gasteiger partial charge in [0.1, 0.15) is 0 Å². The van der Waals surface area contributed by atoms with Crippen molar-refractivity contribution in [3.8, 4) is 0 Å². The molecule has 0 unspecified atom stereocenters. The molecular weight excluding hydrogens is 457 g/mol. The van der Waals surface area contributed by atoms with Crippen LogP contribution >= 0.6 is 39.9 Å². The van der Waals surface area contributed by atoms with Gasteiger partial charge in [0.25, 0.3) is 0 Å². The molecule has 2 rings (SSSR count). The lowest BCUT2D eigenvalue weighted by Gasteiger charge is -2.36. The van der Waals surface area contributed by atoms with Crippen LogP contribution in [0.3, 0.4) is 0 Å². The second-order valence-electron chi connectivity index (χ2n) is 5.53. The lowest BCUT2D eigenvalue weighted by Crippen LogP contribution is -2.39. The highest BCUT2D eigenvalue weighted by molar-refractivity contribution is 14.0. The van der Waals surface area contributed by atoms with Crippen LogP contribution in [0.2, 0.25) is 0 Å². The summed E-state index contributed by atoms with van der Waals surface area (Å²) in [6, 6.07) is 8.55. The molecule has 124 valence electrons. The maximum absolute atomic E-state index is 5.94. The zero-order valence-corrected chi connectivity index (χ0v) is 16.9. The van der Waals surface area contributed by atoms with Gasteiger partial charge in [0, 0.05) is 29.6 Å². The van der Waals surface area contributed by atoms with Crippen molar-refractivity contribution in [2.24, 2.45) is 10.7 Å². The van der Waals surface area contributed by atoms with Crippen LogP contribution in [0.1, 0.15) is 31.7 Å². The summed E-state index contributed by atoms with van der Waals surface area (Å²) in [6.07, 6.45) is 3.01. The van der Waals surface area contributed by atoms with E-state index in [-0.39, 0.29) is 29.4 Å². The Morgan fingerprint density at radius 3 is 2.55 bits per heavy atom. The van der Waals surface area contributed by atoms with E-state index in [1.165, 1.54) is 5.56 Å². The van der Waals surface area contributed by atoms with Crippen molar-refractivity contribution in [3.63, 3.8) is 0 Å². The smallest absolute Gasteiger partial charge is 0.188 e. The Kier molecular flexibility index (Phi) is 8.71. The van der Waals surface area contributed by atoms with Gasteiger partial charge in [-0.15, -0.1) is 24.0 Å². The molecule has 1 aliphatic rings. The van der Waals surface area contributed by atoms with Gasteiger partial charge in [-0.3, -0.25) is 4.99 Å². The number of hydrogen-bond acceptors (Lipinski definition) is 2. The van der Waals surface area contributed by atoms with Crippen molar-refractivity contribution >= 4 is 45.9 Å². The number of benzene rings is 1. The summed E-state index contributed by atoms with van der Waals surface area (Å²) in [7, 11) is 0. The van der Waals surface area contributed by atoms with Gasteiger partial charge in [0.2, 0.25) is 0 Å². The van der Waals surface area contributed by atoms with E-state index in [2.05, 4.69) is 57.4 Å². The highest BCUT2D eigenvalue weighted by Crippen LogP contribution is 2.35. The van der Waals surface area contributed by atoms with Gasteiger partial charge in [-0.2, -0.15) is 0 Å². The molecule has 0 spiro atoms. The molecule has 1 aliphatic heterocycles. The Morgan fingerprint density at radius 1 is 1.32 bits per heavy atom. The number of aliphatic imine (C=N–C) groups is 1.